The average Bonchev–Trinajstić information content (AvgIpc) is 3.19. The third kappa shape index (κ3) is 6.94. The van der Waals surface area contributed by atoms with Crippen LogP contribution in [-0.2, 0) is 17.9 Å². The summed E-state index contributed by atoms with van der Waals surface area (Å²) in [5.41, 5.74) is 1.13. The molecule has 2 aliphatic rings. The summed E-state index contributed by atoms with van der Waals surface area (Å²) in [4.78, 5) is 33.1. The Morgan fingerprint density at radius 3 is 1.95 bits per heavy atom. The highest BCUT2D eigenvalue weighted by molar-refractivity contribution is 6.07. The average molecular weight is 582 g/mol. The predicted octanol–water partition coefficient (Wildman–Crippen LogP) is 5.88. The highest BCUT2D eigenvalue weighted by atomic mass is 16.5. The van der Waals surface area contributed by atoms with Gasteiger partial charge in [-0.1, -0.05) is 32.8 Å². The van der Waals surface area contributed by atoms with Gasteiger partial charge in [0.1, 0.15) is 17.0 Å². The van der Waals surface area contributed by atoms with Crippen molar-refractivity contribution in [1.29, 1.82) is 0 Å². The molecule has 0 radical (unpaired) electrons. The maximum atomic E-state index is 14.0. The van der Waals surface area contributed by atoms with Gasteiger partial charge in [-0.3, -0.25) is 14.6 Å². The summed E-state index contributed by atoms with van der Waals surface area (Å²) in [6.45, 7) is 10.3. The monoisotopic (exact) mass is 581 g/mol. The van der Waals surface area contributed by atoms with Crippen molar-refractivity contribution in [2.75, 3.05) is 47.1 Å². The van der Waals surface area contributed by atoms with Gasteiger partial charge in [0.15, 0.2) is 11.5 Å². The highest BCUT2D eigenvalue weighted by Crippen LogP contribution is 2.39. The Kier molecular flexibility index (Phi) is 11.0. The lowest BCUT2D eigenvalue weighted by atomic mass is 9.85. The number of nitrogens with zero attached hydrogens (tertiary/aromatic N) is 3. The third-order valence-electron chi connectivity index (χ3n) is 8.30. The molecule has 3 amide bonds. The number of rotatable bonds is 15. The van der Waals surface area contributed by atoms with E-state index in [-0.39, 0.29) is 18.5 Å². The molecule has 2 saturated heterocycles. The topological polar surface area (TPSA) is 80.8 Å². The Bertz CT molecular complexity index is 1190. The summed E-state index contributed by atoms with van der Waals surface area (Å²) in [5, 5.41) is 0. The fraction of sp³-hybridized carbons (Fsp3) is 0.576. The zero-order chi connectivity index (χ0) is 30.1. The van der Waals surface area contributed by atoms with Gasteiger partial charge in [0, 0.05) is 32.2 Å². The fourth-order valence-electron chi connectivity index (χ4n) is 5.86. The molecule has 2 aromatic rings. The Hall–Kier alpha value is -3.46. The number of imide groups is 1. The van der Waals surface area contributed by atoms with Gasteiger partial charge in [-0.25, -0.2) is 4.79 Å². The van der Waals surface area contributed by atoms with Crippen LogP contribution in [0.1, 0.15) is 70.4 Å². The minimum absolute atomic E-state index is 0.103. The number of hydrogen-bond acceptors (Lipinski definition) is 7. The van der Waals surface area contributed by atoms with Gasteiger partial charge in [-0.2, -0.15) is 0 Å². The van der Waals surface area contributed by atoms with Crippen LogP contribution in [0.2, 0.25) is 0 Å². The van der Waals surface area contributed by atoms with E-state index in [4.69, 9.17) is 18.9 Å². The van der Waals surface area contributed by atoms with E-state index in [0.717, 1.165) is 54.9 Å². The van der Waals surface area contributed by atoms with Gasteiger partial charge in [0.25, 0.3) is 5.91 Å². The second-order valence-corrected chi connectivity index (χ2v) is 11.1. The molecule has 42 heavy (non-hydrogen) atoms. The molecule has 0 aliphatic carbocycles. The molecule has 0 aromatic heterocycles. The number of benzene rings is 2. The molecule has 2 heterocycles. The minimum atomic E-state index is -0.807. The standard InChI is InChI=1S/C33H47N3O6/c1-6-9-17-41-29-12-11-25(21-30(29)42-18-10-7-2)24-35-31(37)33(36(8-3)32(35)38)13-15-34(16-14-33)23-26-19-27(39-4)22-28(20-26)40-5/h11-12,19-22H,6-10,13-18,23-24H2,1-5H3. The number of piperidine rings is 1. The number of carbonyl (C=O) groups excluding carboxylic acids is 2. The van der Waals surface area contributed by atoms with Crippen LogP contribution >= 0.6 is 0 Å². The SMILES string of the molecule is CCCCOc1ccc(CN2C(=O)N(CC)C3(CCN(Cc4cc(OC)cc(OC)c4)CC3)C2=O)cc1OCCCC. The van der Waals surface area contributed by atoms with Crippen molar-refractivity contribution < 1.29 is 28.5 Å². The van der Waals surface area contributed by atoms with E-state index >= 15 is 0 Å². The summed E-state index contributed by atoms with van der Waals surface area (Å²) in [6, 6.07) is 11.4. The van der Waals surface area contributed by atoms with E-state index in [1.165, 1.54) is 4.90 Å². The Morgan fingerprint density at radius 2 is 1.38 bits per heavy atom. The van der Waals surface area contributed by atoms with Crippen LogP contribution in [0.3, 0.4) is 0 Å². The van der Waals surface area contributed by atoms with Crippen molar-refractivity contribution in [1.82, 2.24) is 14.7 Å². The first-order chi connectivity index (χ1) is 20.4. The number of ether oxygens (including phenoxy) is 4. The molecule has 2 aromatic carbocycles. The van der Waals surface area contributed by atoms with E-state index < -0.39 is 5.54 Å². The number of urea groups is 1. The molecule has 0 atom stereocenters. The van der Waals surface area contributed by atoms with Gasteiger partial charge in [0.05, 0.1) is 34.0 Å². The number of likely N-dealkylation sites (N-methyl/N-ethyl adjacent to an activating group) is 1. The van der Waals surface area contributed by atoms with Crippen LogP contribution in [0.5, 0.6) is 23.0 Å². The summed E-state index contributed by atoms with van der Waals surface area (Å²) in [6.07, 6.45) is 5.18. The van der Waals surface area contributed by atoms with Crippen LogP contribution in [0, 0.1) is 0 Å². The van der Waals surface area contributed by atoms with Crippen molar-refractivity contribution in [3.05, 3.63) is 47.5 Å². The zero-order valence-electron chi connectivity index (χ0n) is 25.9. The van der Waals surface area contributed by atoms with Crippen molar-refractivity contribution in [2.45, 2.75) is 77.9 Å². The fourth-order valence-corrected chi connectivity index (χ4v) is 5.86. The Balaban J connectivity index is 1.47. The van der Waals surface area contributed by atoms with Gasteiger partial charge in [0.2, 0.25) is 0 Å². The summed E-state index contributed by atoms with van der Waals surface area (Å²) in [5.74, 6) is 2.77. The summed E-state index contributed by atoms with van der Waals surface area (Å²) < 4.78 is 22.9. The third-order valence-corrected chi connectivity index (χ3v) is 8.30. The second-order valence-electron chi connectivity index (χ2n) is 11.1. The van der Waals surface area contributed by atoms with E-state index in [9.17, 15) is 9.59 Å². The number of unbranched alkanes of at least 4 members (excludes halogenated alkanes) is 2. The number of hydrogen-bond donors (Lipinski definition) is 0. The maximum absolute atomic E-state index is 14.0. The van der Waals surface area contributed by atoms with Crippen LogP contribution < -0.4 is 18.9 Å². The quantitative estimate of drug-likeness (QED) is 0.192. The van der Waals surface area contributed by atoms with Crippen molar-refractivity contribution in [3.8, 4) is 23.0 Å². The molecular weight excluding hydrogens is 534 g/mol. The molecule has 4 rings (SSSR count). The van der Waals surface area contributed by atoms with Crippen LogP contribution in [0.25, 0.3) is 0 Å². The lowest BCUT2D eigenvalue weighted by Gasteiger charge is -2.42. The second kappa shape index (κ2) is 14.6. The van der Waals surface area contributed by atoms with Gasteiger partial charge in [-0.05, 0) is 68.0 Å². The summed E-state index contributed by atoms with van der Waals surface area (Å²) >= 11 is 0. The van der Waals surface area contributed by atoms with E-state index in [0.29, 0.717) is 57.2 Å². The molecule has 2 fully saturated rings. The van der Waals surface area contributed by atoms with Gasteiger partial charge in [-0.15, -0.1) is 0 Å². The number of methoxy groups -OCH3 is 2. The number of amides is 3. The van der Waals surface area contributed by atoms with Crippen molar-refractivity contribution >= 4 is 11.9 Å². The molecule has 0 unspecified atom stereocenters. The maximum Gasteiger partial charge on any atom is 0.327 e. The lowest BCUT2D eigenvalue weighted by molar-refractivity contribution is -0.136. The van der Waals surface area contributed by atoms with Crippen LogP contribution in [0.4, 0.5) is 4.79 Å². The largest absolute Gasteiger partial charge is 0.497 e. The molecule has 230 valence electrons. The van der Waals surface area contributed by atoms with Gasteiger partial charge >= 0.3 is 6.03 Å². The van der Waals surface area contributed by atoms with Crippen LogP contribution in [-0.4, -0.2) is 79.2 Å². The molecule has 0 N–H and O–H groups in total. The highest BCUT2D eigenvalue weighted by Gasteiger charge is 2.57. The first-order valence-corrected chi connectivity index (χ1v) is 15.3. The molecule has 9 nitrogen and oxygen atoms in total. The molecule has 0 bridgehead atoms. The first kappa shape index (κ1) is 31.5. The molecule has 1 spiro atoms. The zero-order valence-corrected chi connectivity index (χ0v) is 25.9. The Morgan fingerprint density at radius 1 is 0.762 bits per heavy atom. The summed E-state index contributed by atoms with van der Waals surface area (Å²) in [7, 11) is 3.29. The van der Waals surface area contributed by atoms with E-state index in [1.807, 2.05) is 43.3 Å². The first-order valence-electron chi connectivity index (χ1n) is 15.3. The predicted molar refractivity (Wildman–Crippen MR) is 162 cm³/mol. The molecule has 2 aliphatic heterocycles. The lowest BCUT2D eigenvalue weighted by Crippen LogP contribution is -2.56. The molecule has 9 heteroatoms. The number of likely N-dealkylation sites (tertiary alicyclic amines) is 1. The van der Waals surface area contributed by atoms with Gasteiger partial charge < -0.3 is 23.8 Å². The van der Waals surface area contributed by atoms with Crippen LogP contribution in [0.15, 0.2) is 36.4 Å². The van der Waals surface area contributed by atoms with Crippen molar-refractivity contribution in [2.24, 2.45) is 0 Å². The van der Waals surface area contributed by atoms with Crippen molar-refractivity contribution in [3.63, 3.8) is 0 Å². The molecular formula is C33H47N3O6. The smallest absolute Gasteiger partial charge is 0.327 e. The number of carbonyl (C=O) groups is 2. The normalized spacial score (nSPS) is 16.8. The Labute approximate surface area is 250 Å². The minimum Gasteiger partial charge on any atom is -0.497 e. The molecule has 0 saturated carbocycles. The van der Waals surface area contributed by atoms with E-state index in [1.54, 1.807) is 19.1 Å². The van der Waals surface area contributed by atoms with E-state index in [2.05, 4.69) is 18.7 Å².